The third kappa shape index (κ3) is 5.59. The highest BCUT2D eigenvalue weighted by Gasteiger charge is 2.29. The van der Waals surface area contributed by atoms with E-state index in [1.165, 1.54) is 0 Å². The summed E-state index contributed by atoms with van der Waals surface area (Å²) in [5, 5.41) is 20.8. The van der Waals surface area contributed by atoms with Gasteiger partial charge in [-0.2, -0.15) is 0 Å². The Balaban J connectivity index is 4.20. The van der Waals surface area contributed by atoms with Crippen LogP contribution in [0.15, 0.2) is 0 Å². The molecule has 0 saturated heterocycles. The molecule has 0 aromatic heterocycles. The third-order valence-corrected chi connectivity index (χ3v) is 1.80. The summed E-state index contributed by atoms with van der Waals surface area (Å²) < 4.78 is 4.96. The summed E-state index contributed by atoms with van der Waals surface area (Å²) >= 11 is 0. The average molecular weight is 219 g/mol. The first-order chi connectivity index (χ1) is 6.58. The minimum atomic E-state index is -1.14. The summed E-state index contributed by atoms with van der Waals surface area (Å²) in [4.78, 5) is 11.3. The van der Waals surface area contributed by atoms with Crippen LogP contribution in [-0.2, 0) is 4.74 Å². The Morgan fingerprint density at radius 1 is 1.33 bits per heavy atom. The number of aliphatic hydroxyl groups excluding tert-OH is 2. The van der Waals surface area contributed by atoms with Crippen LogP contribution in [-0.4, -0.2) is 34.7 Å². The van der Waals surface area contributed by atoms with Gasteiger partial charge in [-0.25, -0.2) is 4.79 Å². The lowest BCUT2D eigenvalue weighted by Crippen LogP contribution is -2.48. The van der Waals surface area contributed by atoms with Gasteiger partial charge in [-0.3, -0.25) is 5.32 Å². The van der Waals surface area contributed by atoms with Crippen LogP contribution in [0.5, 0.6) is 0 Å². The second-order valence-electron chi connectivity index (χ2n) is 5.20. The predicted molar refractivity (Wildman–Crippen MR) is 56.2 cm³/mol. The number of rotatable bonds is 3. The van der Waals surface area contributed by atoms with E-state index in [1.807, 2.05) is 0 Å². The highest BCUT2D eigenvalue weighted by Crippen LogP contribution is 2.18. The topological polar surface area (TPSA) is 78.8 Å². The Morgan fingerprint density at radius 3 is 2.13 bits per heavy atom. The number of hydrogen-bond donors (Lipinski definition) is 3. The fraction of sp³-hybridized carbons (Fsp3) is 0.900. The Labute approximate surface area is 90.4 Å². The SMILES string of the molecule is CC(C)(C)OC(=O)NC(O)C(C)(C)CO. The molecular formula is C10H21NO4. The maximum Gasteiger partial charge on any atom is 0.409 e. The van der Waals surface area contributed by atoms with Crippen molar-refractivity contribution in [3.8, 4) is 0 Å². The van der Waals surface area contributed by atoms with Crippen molar-refractivity contribution >= 4 is 6.09 Å². The number of aliphatic hydroxyl groups is 2. The first-order valence-corrected chi connectivity index (χ1v) is 4.87. The molecule has 0 aliphatic rings. The van der Waals surface area contributed by atoms with Crippen LogP contribution in [0.1, 0.15) is 34.6 Å². The number of alkyl carbamates (subject to hydrolysis) is 1. The normalized spacial score (nSPS) is 14.6. The zero-order chi connectivity index (χ0) is 12.3. The van der Waals surface area contributed by atoms with Crippen molar-refractivity contribution in [1.82, 2.24) is 5.32 Å². The highest BCUT2D eigenvalue weighted by atomic mass is 16.6. The van der Waals surface area contributed by atoms with E-state index in [2.05, 4.69) is 5.32 Å². The molecule has 3 N–H and O–H groups in total. The molecule has 5 heteroatoms. The van der Waals surface area contributed by atoms with Crippen LogP contribution in [0.2, 0.25) is 0 Å². The van der Waals surface area contributed by atoms with Gasteiger partial charge in [0.15, 0.2) is 0 Å². The number of carbonyl (C=O) groups excluding carboxylic acids is 1. The van der Waals surface area contributed by atoms with E-state index in [4.69, 9.17) is 9.84 Å². The molecule has 15 heavy (non-hydrogen) atoms. The van der Waals surface area contributed by atoms with Crippen molar-refractivity contribution < 1.29 is 19.7 Å². The molecule has 0 aromatic carbocycles. The Bertz CT molecular complexity index is 220. The predicted octanol–water partition coefficient (Wildman–Crippen LogP) is 0.848. The van der Waals surface area contributed by atoms with Crippen molar-refractivity contribution in [2.24, 2.45) is 5.41 Å². The van der Waals surface area contributed by atoms with E-state index in [0.29, 0.717) is 0 Å². The molecular weight excluding hydrogens is 198 g/mol. The standard InChI is InChI=1S/C10H21NO4/c1-9(2,3)15-8(14)11-7(13)10(4,5)6-12/h7,12-13H,6H2,1-5H3,(H,11,14). The van der Waals surface area contributed by atoms with E-state index in [1.54, 1.807) is 34.6 Å². The molecule has 1 unspecified atom stereocenters. The van der Waals surface area contributed by atoms with Gasteiger partial charge in [0.1, 0.15) is 11.8 Å². The van der Waals surface area contributed by atoms with Gasteiger partial charge in [0.2, 0.25) is 0 Å². The fourth-order valence-corrected chi connectivity index (χ4v) is 0.701. The van der Waals surface area contributed by atoms with Gasteiger partial charge in [-0.1, -0.05) is 13.8 Å². The molecule has 5 nitrogen and oxygen atoms in total. The monoisotopic (exact) mass is 219 g/mol. The summed E-state index contributed by atoms with van der Waals surface area (Å²) in [5.41, 5.74) is -1.40. The van der Waals surface area contributed by atoms with Crippen molar-refractivity contribution in [1.29, 1.82) is 0 Å². The van der Waals surface area contributed by atoms with Gasteiger partial charge in [0, 0.05) is 5.41 Å². The van der Waals surface area contributed by atoms with Gasteiger partial charge in [-0.15, -0.1) is 0 Å². The zero-order valence-corrected chi connectivity index (χ0v) is 10.00. The van der Waals surface area contributed by atoms with Gasteiger partial charge in [0.05, 0.1) is 6.61 Å². The zero-order valence-electron chi connectivity index (χ0n) is 10.00. The van der Waals surface area contributed by atoms with Gasteiger partial charge < -0.3 is 14.9 Å². The van der Waals surface area contributed by atoms with E-state index < -0.39 is 23.3 Å². The quantitative estimate of drug-likeness (QED) is 0.615. The van der Waals surface area contributed by atoms with Crippen LogP contribution in [0.25, 0.3) is 0 Å². The summed E-state index contributed by atoms with van der Waals surface area (Å²) in [6.07, 6.45) is -1.84. The Hall–Kier alpha value is -0.810. The van der Waals surface area contributed by atoms with Gasteiger partial charge in [0.25, 0.3) is 0 Å². The molecule has 0 rings (SSSR count). The van der Waals surface area contributed by atoms with Crippen molar-refractivity contribution in [3.63, 3.8) is 0 Å². The molecule has 0 bridgehead atoms. The second-order valence-corrected chi connectivity index (χ2v) is 5.20. The first kappa shape index (κ1) is 14.2. The number of ether oxygens (including phenoxy) is 1. The molecule has 0 spiro atoms. The molecule has 1 amide bonds. The highest BCUT2D eigenvalue weighted by molar-refractivity contribution is 5.67. The maximum absolute atomic E-state index is 11.3. The summed E-state index contributed by atoms with van der Waals surface area (Å²) in [7, 11) is 0. The first-order valence-electron chi connectivity index (χ1n) is 4.87. The van der Waals surface area contributed by atoms with E-state index in [-0.39, 0.29) is 6.61 Å². The number of hydrogen-bond acceptors (Lipinski definition) is 4. The van der Waals surface area contributed by atoms with Crippen molar-refractivity contribution in [2.75, 3.05) is 6.61 Å². The van der Waals surface area contributed by atoms with E-state index in [0.717, 1.165) is 0 Å². The second kappa shape index (κ2) is 4.81. The summed E-state index contributed by atoms with van der Waals surface area (Å²) in [6, 6.07) is 0. The smallest absolute Gasteiger partial charge is 0.409 e. The van der Waals surface area contributed by atoms with Crippen LogP contribution in [0.3, 0.4) is 0 Å². The molecule has 0 saturated carbocycles. The summed E-state index contributed by atoms with van der Waals surface area (Å²) in [5.74, 6) is 0. The number of carbonyl (C=O) groups is 1. The molecule has 0 radical (unpaired) electrons. The molecule has 1 atom stereocenters. The Kier molecular flexibility index (Phi) is 4.55. The van der Waals surface area contributed by atoms with E-state index in [9.17, 15) is 9.90 Å². The van der Waals surface area contributed by atoms with Gasteiger partial charge >= 0.3 is 6.09 Å². The average Bonchev–Trinajstić information content (AvgIpc) is 2.00. The lowest BCUT2D eigenvalue weighted by atomic mass is 9.92. The minimum absolute atomic E-state index is 0.232. The molecule has 90 valence electrons. The lowest BCUT2D eigenvalue weighted by Gasteiger charge is -2.29. The van der Waals surface area contributed by atoms with Crippen LogP contribution in [0, 0.1) is 5.41 Å². The summed E-state index contributed by atoms with van der Waals surface area (Å²) in [6.45, 7) is 8.23. The van der Waals surface area contributed by atoms with Crippen LogP contribution >= 0.6 is 0 Å². The largest absolute Gasteiger partial charge is 0.444 e. The molecule has 0 heterocycles. The third-order valence-electron chi connectivity index (χ3n) is 1.80. The maximum atomic E-state index is 11.3. The van der Waals surface area contributed by atoms with Crippen molar-refractivity contribution in [3.05, 3.63) is 0 Å². The minimum Gasteiger partial charge on any atom is -0.444 e. The molecule has 0 aliphatic carbocycles. The van der Waals surface area contributed by atoms with E-state index >= 15 is 0 Å². The van der Waals surface area contributed by atoms with Gasteiger partial charge in [-0.05, 0) is 20.8 Å². The van der Waals surface area contributed by atoms with Crippen LogP contribution < -0.4 is 5.32 Å². The molecule has 0 aliphatic heterocycles. The molecule has 0 aromatic rings. The lowest BCUT2D eigenvalue weighted by molar-refractivity contribution is -0.0237. The Morgan fingerprint density at radius 2 is 1.80 bits per heavy atom. The van der Waals surface area contributed by atoms with Crippen molar-refractivity contribution in [2.45, 2.75) is 46.4 Å². The van der Waals surface area contributed by atoms with Crippen LogP contribution in [0.4, 0.5) is 4.79 Å². The number of amides is 1. The number of nitrogens with one attached hydrogen (secondary N) is 1. The fourth-order valence-electron chi connectivity index (χ4n) is 0.701. The molecule has 0 fully saturated rings.